The molecule has 138 valence electrons. The Balaban J connectivity index is 1.93. The maximum atomic E-state index is 13.0. The first-order chi connectivity index (χ1) is 12.4. The van der Waals surface area contributed by atoms with E-state index in [9.17, 15) is 14.0 Å². The average Bonchev–Trinajstić information content (AvgIpc) is 2.62. The lowest BCUT2D eigenvalue weighted by Crippen LogP contribution is -2.32. The van der Waals surface area contributed by atoms with Crippen LogP contribution in [0.3, 0.4) is 0 Å². The molecule has 0 bridgehead atoms. The molecular weight excluding hydrogens is 333 g/mol. The predicted octanol–water partition coefficient (Wildman–Crippen LogP) is 3.77. The van der Waals surface area contributed by atoms with E-state index >= 15 is 0 Å². The van der Waals surface area contributed by atoms with E-state index in [1.807, 2.05) is 26.0 Å². The van der Waals surface area contributed by atoms with E-state index in [0.717, 1.165) is 16.8 Å². The molecule has 0 spiro atoms. The summed E-state index contributed by atoms with van der Waals surface area (Å²) in [5, 5.41) is 8.75. The number of aryl methyl sites for hydroxylation is 1. The highest BCUT2D eigenvalue weighted by atomic mass is 19.1. The molecule has 0 fully saturated rings. The van der Waals surface area contributed by atoms with Crippen LogP contribution in [0.2, 0.25) is 0 Å². The van der Waals surface area contributed by atoms with Crippen LogP contribution in [0.25, 0.3) is 0 Å². The number of anilines is 2. The quantitative estimate of drug-likeness (QED) is 0.706. The van der Waals surface area contributed by atoms with Crippen LogP contribution < -0.4 is 16.0 Å². The molecule has 0 aromatic heterocycles. The zero-order chi connectivity index (χ0) is 19.1. The normalized spacial score (nSPS) is 11.5. The first-order valence-electron chi connectivity index (χ1n) is 8.58. The van der Waals surface area contributed by atoms with Crippen LogP contribution in [0.4, 0.5) is 15.8 Å². The molecule has 3 N–H and O–H groups in total. The Morgan fingerprint density at radius 1 is 1.08 bits per heavy atom. The summed E-state index contributed by atoms with van der Waals surface area (Å²) in [5.41, 5.74) is 3.27. The molecule has 0 heterocycles. The number of rotatable bonds is 7. The lowest BCUT2D eigenvalue weighted by Gasteiger charge is -2.16. The standard InChI is InChI=1S/C20H24FN3O2/c1-4-19(25)24-17-10-5-13(2)18(11-17)22-12-20(26)23-14(3)15-6-8-16(21)9-7-15/h5-11,14,22H,4,12H2,1-3H3,(H,23,26)(H,24,25). The number of carbonyl (C=O) groups is 2. The minimum atomic E-state index is -0.306. The van der Waals surface area contributed by atoms with Crippen molar-refractivity contribution in [1.29, 1.82) is 0 Å². The van der Waals surface area contributed by atoms with Gasteiger partial charge >= 0.3 is 0 Å². The predicted molar refractivity (Wildman–Crippen MR) is 102 cm³/mol. The minimum absolute atomic E-state index is 0.0642. The van der Waals surface area contributed by atoms with Crippen molar-refractivity contribution in [3.8, 4) is 0 Å². The Kier molecular flexibility index (Phi) is 6.72. The molecule has 0 saturated carbocycles. The van der Waals surface area contributed by atoms with Crippen molar-refractivity contribution in [3.63, 3.8) is 0 Å². The molecule has 5 nitrogen and oxygen atoms in total. The summed E-state index contributed by atoms with van der Waals surface area (Å²) in [6.07, 6.45) is 0.403. The molecule has 2 aromatic rings. The van der Waals surface area contributed by atoms with Crippen molar-refractivity contribution >= 4 is 23.2 Å². The van der Waals surface area contributed by atoms with Crippen molar-refractivity contribution in [3.05, 3.63) is 59.4 Å². The molecule has 0 aliphatic heterocycles. The van der Waals surface area contributed by atoms with Gasteiger partial charge in [0.25, 0.3) is 0 Å². The van der Waals surface area contributed by atoms with E-state index in [1.54, 1.807) is 25.1 Å². The summed E-state index contributed by atoms with van der Waals surface area (Å²) in [7, 11) is 0. The molecule has 1 atom stereocenters. The van der Waals surface area contributed by atoms with Gasteiger partial charge in [0.15, 0.2) is 0 Å². The maximum Gasteiger partial charge on any atom is 0.239 e. The molecular formula is C20H24FN3O2. The van der Waals surface area contributed by atoms with Gasteiger partial charge in [0, 0.05) is 17.8 Å². The fraction of sp³-hybridized carbons (Fsp3) is 0.300. The van der Waals surface area contributed by atoms with Crippen LogP contribution in [0.5, 0.6) is 0 Å². The molecule has 2 amide bonds. The second kappa shape index (κ2) is 8.99. The number of nitrogens with one attached hydrogen (secondary N) is 3. The molecule has 0 aliphatic rings. The van der Waals surface area contributed by atoms with Gasteiger partial charge in [0.05, 0.1) is 12.6 Å². The molecule has 6 heteroatoms. The minimum Gasteiger partial charge on any atom is -0.376 e. The highest BCUT2D eigenvalue weighted by Crippen LogP contribution is 2.20. The van der Waals surface area contributed by atoms with E-state index in [2.05, 4.69) is 16.0 Å². The van der Waals surface area contributed by atoms with Gasteiger partial charge in [-0.3, -0.25) is 9.59 Å². The zero-order valence-corrected chi connectivity index (χ0v) is 15.2. The summed E-state index contributed by atoms with van der Waals surface area (Å²) in [5.74, 6) is -0.547. The molecule has 2 rings (SSSR count). The van der Waals surface area contributed by atoms with Crippen molar-refractivity contribution in [2.24, 2.45) is 0 Å². The molecule has 26 heavy (non-hydrogen) atoms. The third-order valence-corrected chi connectivity index (χ3v) is 4.03. The highest BCUT2D eigenvalue weighted by molar-refractivity contribution is 5.91. The van der Waals surface area contributed by atoms with Gasteiger partial charge in [-0.15, -0.1) is 0 Å². The van der Waals surface area contributed by atoms with E-state index in [4.69, 9.17) is 0 Å². The van der Waals surface area contributed by atoms with Gasteiger partial charge in [-0.25, -0.2) is 4.39 Å². The number of carbonyl (C=O) groups excluding carboxylic acids is 2. The number of hydrogen-bond donors (Lipinski definition) is 3. The maximum absolute atomic E-state index is 13.0. The lowest BCUT2D eigenvalue weighted by molar-refractivity contribution is -0.120. The second-order valence-electron chi connectivity index (χ2n) is 6.13. The van der Waals surface area contributed by atoms with Crippen molar-refractivity contribution < 1.29 is 14.0 Å². The molecule has 1 unspecified atom stereocenters. The summed E-state index contributed by atoms with van der Waals surface area (Å²) < 4.78 is 13.0. The van der Waals surface area contributed by atoms with Crippen LogP contribution in [0, 0.1) is 12.7 Å². The Morgan fingerprint density at radius 2 is 1.77 bits per heavy atom. The third kappa shape index (κ3) is 5.58. The van der Waals surface area contributed by atoms with E-state index in [0.29, 0.717) is 12.1 Å². The van der Waals surface area contributed by atoms with Gasteiger partial charge in [-0.2, -0.15) is 0 Å². The topological polar surface area (TPSA) is 70.2 Å². The monoisotopic (exact) mass is 357 g/mol. The van der Waals surface area contributed by atoms with E-state index in [1.165, 1.54) is 12.1 Å². The summed E-state index contributed by atoms with van der Waals surface area (Å²) in [6.45, 7) is 5.65. The highest BCUT2D eigenvalue weighted by Gasteiger charge is 2.10. The third-order valence-electron chi connectivity index (χ3n) is 4.03. The van der Waals surface area contributed by atoms with Gasteiger partial charge in [0.2, 0.25) is 11.8 Å². The number of amides is 2. The number of halogens is 1. The number of hydrogen-bond acceptors (Lipinski definition) is 3. The average molecular weight is 357 g/mol. The first-order valence-corrected chi connectivity index (χ1v) is 8.58. The Bertz CT molecular complexity index is 775. The Labute approximate surface area is 153 Å². The fourth-order valence-corrected chi connectivity index (χ4v) is 2.44. The number of benzene rings is 2. The van der Waals surface area contributed by atoms with E-state index < -0.39 is 0 Å². The smallest absolute Gasteiger partial charge is 0.239 e. The Morgan fingerprint density at radius 3 is 2.42 bits per heavy atom. The molecule has 0 radical (unpaired) electrons. The van der Waals surface area contributed by atoms with Crippen molar-refractivity contribution in [2.45, 2.75) is 33.2 Å². The molecule has 0 saturated heterocycles. The summed E-state index contributed by atoms with van der Waals surface area (Å²) in [4.78, 5) is 23.7. The van der Waals surface area contributed by atoms with Crippen LogP contribution >= 0.6 is 0 Å². The second-order valence-corrected chi connectivity index (χ2v) is 6.13. The van der Waals surface area contributed by atoms with Gasteiger partial charge in [-0.1, -0.05) is 25.1 Å². The molecule has 0 aliphatic carbocycles. The van der Waals surface area contributed by atoms with Crippen molar-refractivity contribution in [2.75, 3.05) is 17.2 Å². The lowest BCUT2D eigenvalue weighted by atomic mass is 10.1. The van der Waals surface area contributed by atoms with Gasteiger partial charge < -0.3 is 16.0 Å². The zero-order valence-electron chi connectivity index (χ0n) is 15.2. The summed E-state index contributed by atoms with van der Waals surface area (Å²) >= 11 is 0. The van der Waals surface area contributed by atoms with Crippen LogP contribution in [-0.4, -0.2) is 18.4 Å². The van der Waals surface area contributed by atoms with Crippen LogP contribution in [0.1, 0.15) is 37.4 Å². The van der Waals surface area contributed by atoms with Crippen LogP contribution in [0.15, 0.2) is 42.5 Å². The Hall–Kier alpha value is -2.89. The van der Waals surface area contributed by atoms with E-state index in [-0.39, 0.29) is 30.2 Å². The van der Waals surface area contributed by atoms with Gasteiger partial charge in [0.1, 0.15) is 5.82 Å². The summed E-state index contributed by atoms with van der Waals surface area (Å²) in [6, 6.07) is 11.3. The van der Waals surface area contributed by atoms with Crippen molar-refractivity contribution in [1.82, 2.24) is 5.32 Å². The largest absolute Gasteiger partial charge is 0.376 e. The SMILES string of the molecule is CCC(=O)Nc1ccc(C)c(NCC(=O)NC(C)c2ccc(F)cc2)c1. The first kappa shape index (κ1) is 19.4. The molecule has 2 aromatic carbocycles. The van der Waals surface area contributed by atoms with Crippen LogP contribution in [-0.2, 0) is 9.59 Å². The van der Waals surface area contributed by atoms with Gasteiger partial charge in [-0.05, 0) is 49.2 Å². The fourth-order valence-electron chi connectivity index (χ4n) is 2.44.